The van der Waals surface area contributed by atoms with E-state index in [9.17, 15) is 19.2 Å². The number of nitrogens with zero attached hydrogens (tertiary/aromatic N) is 5. The number of carbonyl (C=O) groups is 4. The zero-order valence-corrected chi connectivity index (χ0v) is 31.6. The maximum absolute atomic E-state index is 13.2. The summed E-state index contributed by atoms with van der Waals surface area (Å²) in [7, 11) is 6.64. The summed E-state index contributed by atoms with van der Waals surface area (Å²) < 4.78 is 4.77. The van der Waals surface area contributed by atoms with Gasteiger partial charge < -0.3 is 45.6 Å². The highest BCUT2D eigenvalue weighted by molar-refractivity contribution is 6.18. The second-order valence-corrected chi connectivity index (χ2v) is 12.3. The summed E-state index contributed by atoms with van der Waals surface area (Å²) in [6.07, 6.45) is 8.40. The molecule has 6 N–H and O–H groups in total. The summed E-state index contributed by atoms with van der Waals surface area (Å²) in [5, 5.41) is 11.1. The number of hydrogen-bond acceptors (Lipinski definition) is 6. The van der Waals surface area contributed by atoms with Crippen molar-refractivity contribution in [2.75, 3.05) is 59.3 Å². The first-order chi connectivity index (χ1) is 24.4. The van der Waals surface area contributed by atoms with Crippen molar-refractivity contribution in [3.8, 4) is 0 Å². The lowest BCUT2D eigenvalue weighted by Gasteiger charge is -2.22. The van der Waals surface area contributed by atoms with Crippen molar-refractivity contribution in [3.63, 3.8) is 0 Å². The number of alkyl halides is 2. The Morgan fingerprint density at radius 1 is 0.769 bits per heavy atom. The molecule has 4 rings (SSSR count). The van der Waals surface area contributed by atoms with E-state index in [2.05, 4.69) is 31.2 Å². The first-order valence-corrected chi connectivity index (χ1v) is 17.1. The van der Waals surface area contributed by atoms with Gasteiger partial charge in [0.25, 0.3) is 17.7 Å². The molecular formula is C35H43Cl3N10O4. The molecule has 0 atom stereocenters. The van der Waals surface area contributed by atoms with Gasteiger partial charge >= 0.3 is 0 Å². The van der Waals surface area contributed by atoms with Gasteiger partial charge in [0, 0.05) is 96.4 Å². The molecule has 1 aromatic carbocycles. The minimum absolute atomic E-state index is 0. The molecule has 0 fully saturated rings. The van der Waals surface area contributed by atoms with Crippen molar-refractivity contribution in [2.45, 2.75) is 6.42 Å². The predicted octanol–water partition coefficient (Wildman–Crippen LogP) is 4.67. The largest absolute Gasteiger partial charge is 0.387 e. The van der Waals surface area contributed by atoms with Gasteiger partial charge in [-0.3, -0.25) is 24.2 Å². The standard InChI is InChI=1S/C35H42Cl2N10O4.ClH/c1-39-31(38)11-14-40-33(49)28-18-25(21-44(28)2)42-35(51)30-19-26(22-46(30)4)43-34(50)29-17-24(20-45(29)3)41-32(48)10-7-23-5-8-27(9-6-23)47(15-12-36)16-13-37;/h5-10,17-22H,11-16H2,1-4H3,(H2,38,39)(H,40,49)(H,41,48)(H,42,51)(H,43,50);1H/b10-7+;. The number of rotatable bonds is 16. The van der Waals surface area contributed by atoms with Crippen LogP contribution in [0.15, 0.2) is 72.1 Å². The van der Waals surface area contributed by atoms with E-state index in [-0.39, 0.29) is 35.6 Å². The first-order valence-electron chi connectivity index (χ1n) is 16.0. The summed E-state index contributed by atoms with van der Waals surface area (Å²) in [5.41, 5.74) is 9.69. The molecule has 4 amide bonds. The third-order valence-electron chi connectivity index (χ3n) is 7.84. The van der Waals surface area contributed by atoms with E-state index in [1.807, 2.05) is 24.3 Å². The van der Waals surface area contributed by atoms with Crippen LogP contribution in [0, 0.1) is 0 Å². The summed E-state index contributed by atoms with van der Waals surface area (Å²) in [5.74, 6) is -0.141. The van der Waals surface area contributed by atoms with Gasteiger partial charge in [0.15, 0.2) is 0 Å². The molecule has 3 heterocycles. The van der Waals surface area contributed by atoms with Gasteiger partial charge in [0.2, 0.25) is 5.91 Å². The number of aryl methyl sites for hydroxylation is 3. The third kappa shape index (κ3) is 11.2. The molecule has 3 aromatic heterocycles. The second-order valence-electron chi connectivity index (χ2n) is 11.6. The van der Waals surface area contributed by atoms with Gasteiger partial charge in [-0.05, 0) is 42.0 Å². The van der Waals surface area contributed by atoms with E-state index < -0.39 is 11.8 Å². The van der Waals surface area contributed by atoms with Crippen molar-refractivity contribution in [1.82, 2.24) is 19.0 Å². The molecular weight excluding hydrogens is 731 g/mol. The Morgan fingerprint density at radius 2 is 1.23 bits per heavy atom. The minimum Gasteiger partial charge on any atom is -0.387 e. The topological polar surface area (TPSA) is 173 Å². The summed E-state index contributed by atoms with van der Waals surface area (Å²) in [6.45, 7) is 1.68. The predicted molar refractivity (Wildman–Crippen MR) is 212 cm³/mol. The molecule has 0 aliphatic heterocycles. The van der Waals surface area contributed by atoms with Crippen LogP contribution in [-0.4, -0.2) is 81.6 Å². The van der Waals surface area contributed by atoms with Crippen LogP contribution in [0.4, 0.5) is 22.7 Å². The number of amides is 4. The highest BCUT2D eigenvalue weighted by atomic mass is 35.5. The Hall–Kier alpha value is -5.18. The Balaban J connectivity index is 0.00000729. The number of amidine groups is 1. The second kappa shape index (κ2) is 19.4. The van der Waals surface area contributed by atoms with Gasteiger partial charge in [-0.1, -0.05) is 12.1 Å². The van der Waals surface area contributed by atoms with Gasteiger partial charge in [0.05, 0.1) is 22.9 Å². The Labute approximate surface area is 318 Å². The number of aromatic nitrogens is 3. The van der Waals surface area contributed by atoms with Crippen LogP contribution in [0.25, 0.3) is 6.08 Å². The highest BCUT2D eigenvalue weighted by Gasteiger charge is 2.19. The normalized spacial score (nSPS) is 11.2. The van der Waals surface area contributed by atoms with Gasteiger partial charge in [0.1, 0.15) is 17.1 Å². The van der Waals surface area contributed by atoms with E-state index in [4.69, 9.17) is 28.9 Å². The third-order valence-corrected chi connectivity index (χ3v) is 8.18. The number of hydrogen-bond donors (Lipinski definition) is 5. The average Bonchev–Trinajstić information content (AvgIpc) is 3.78. The van der Waals surface area contributed by atoms with E-state index >= 15 is 0 Å². The molecule has 0 aliphatic rings. The minimum atomic E-state index is -0.436. The molecule has 52 heavy (non-hydrogen) atoms. The zero-order chi connectivity index (χ0) is 37.1. The number of benzene rings is 1. The molecule has 0 spiro atoms. The number of nitrogens with one attached hydrogen (secondary N) is 4. The molecule has 0 saturated heterocycles. The van der Waals surface area contributed by atoms with Gasteiger partial charge in [-0.2, -0.15) is 0 Å². The summed E-state index contributed by atoms with van der Waals surface area (Å²) >= 11 is 11.8. The fourth-order valence-electron chi connectivity index (χ4n) is 5.20. The van der Waals surface area contributed by atoms with Gasteiger partial charge in [-0.15, -0.1) is 35.6 Å². The smallest absolute Gasteiger partial charge is 0.272 e. The van der Waals surface area contributed by atoms with Crippen molar-refractivity contribution in [2.24, 2.45) is 31.9 Å². The zero-order valence-electron chi connectivity index (χ0n) is 29.3. The first kappa shape index (κ1) is 41.2. The van der Waals surface area contributed by atoms with Crippen LogP contribution in [0.2, 0.25) is 0 Å². The summed E-state index contributed by atoms with van der Waals surface area (Å²) in [4.78, 5) is 57.5. The maximum Gasteiger partial charge on any atom is 0.272 e. The van der Waals surface area contributed by atoms with E-state index in [0.717, 1.165) is 11.3 Å². The molecule has 0 bridgehead atoms. The van der Waals surface area contributed by atoms with E-state index in [0.29, 0.717) is 66.4 Å². The van der Waals surface area contributed by atoms with Crippen molar-refractivity contribution in [3.05, 3.63) is 89.8 Å². The van der Waals surface area contributed by atoms with E-state index in [1.54, 1.807) is 84.8 Å². The molecule has 4 aromatic rings. The number of aliphatic imine (C=N–C) groups is 1. The lowest BCUT2D eigenvalue weighted by atomic mass is 10.2. The summed E-state index contributed by atoms with van der Waals surface area (Å²) in [6, 6.07) is 12.4. The van der Waals surface area contributed by atoms with Crippen LogP contribution in [0.1, 0.15) is 43.4 Å². The van der Waals surface area contributed by atoms with Crippen LogP contribution in [-0.2, 0) is 25.9 Å². The Morgan fingerprint density at radius 3 is 1.69 bits per heavy atom. The molecule has 17 heteroatoms. The average molecular weight is 774 g/mol. The van der Waals surface area contributed by atoms with Crippen molar-refractivity contribution < 1.29 is 19.2 Å². The lowest BCUT2D eigenvalue weighted by molar-refractivity contribution is -0.111. The molecule has 278 valence electrons. The number of halogens is 3. The number of nitrogens with two attached hydrogens (primary N) is 1. The highest BCUT2D eigenvalue weighted by Crippen LogP contribution is 2.20. The fourth-order valence-corrected chi connectivity index (χ4v) is 5.61. The van der Waals surface area contributed by atoms with Gasteiger partial charge in [-0.25, -0.2) is 0 Å². The quantitative estimate of drug-likeness (QED) is 0.0479. The van der Waals surface area contributed by atoms with Crippen LogP contribution in [0.3, 0.4) is 0 Å². The molecule has 0 unspecified atom stereocenters. The van der Waals surface area contributed by atoms with Crippen LogP contribution >= 0.6 is 35.6 Å². The monoisotopic (exact) mass is 772 g/mol. The molecule has 0 saturated carbocycles. The SMILES string of the molecule is CN=C(N)CCNC(=O)c1cc(NC(=O)c2cc(NC(=O)c3cc(NC(=O)/C=C/c4ccc(N(CCCl)CCCl)cc4)cn3C)cn2C)cn1C.Cl. The van der Waals surface area contributed by atoms with Crippen molar-refractivity contribution in [1.29, 1.82) is 0 Å². The van der Waals surface area contributed by atoms with Crippen LogP contribution < -0.4 is 31.9 Å². The molecule has 14 nitrogen and oxygen atoms in total. The lowest BCUT2D eigenvalue weighted by Crippen LogP contribution is -2.29. The van der Waals surface area contributed by atoms with Crippen molar-refractivity contribution >= 4 is 93.9 Å². The molecule has 0 aliphatic carbocycles. The van der Waals surface area contributed by atoms with Crippen LogP contribution in [0.5, 0.6) is 0 Å². The number of anilines is 4. The molecule has 0 radical (unpaired) electrons. The Kier molecular flexibility index (Phi) is 15.4. The van der Waals surface area contributed by atoms with E-state index in [1.165, 1.54) is 6.08 Å². The number of carbonyl (C=O) groups excluding carboxylic acids is 4. The Bertz CT molecular complexity index is 1920. The fraction of sp³-hybridized carbons (Fsp3) is 0.286. The maximum atomic E-state index is 13.2.